The molecule has 1 heterocycles. The molecule has 0 aliphatic heterocycles. The second-order valence-electron chi connectivity index (χ2n) is 4.87. The summed E-state index contributed by atoms with van der Waals surface area (Å²) >= 11 is 0. The monoisotopic (exact) mass is 323 g/mol. The molecule has 0 bridgehead atoms. The van der Waals surface area contributed by atoms with E-state index in [1.807, 2.05) is 0 Å². The van der Waals surface area contributed by atoms with Crippen molar-refractivity contribution in [1.82, 2.24) is 20.3 Å². The summed E-state index contributed by atoms with van der Waals surface area (Å²) in [4.78, 5) is 8.09. The number of nitrogens with one attached hydrogen (secondary N) is 3. The highest BCUT2D eigenvalue weighted by Gasteiger charge is 2.14. The summed E-state index contributed by atoms with van der Waals surface area (Å²) in [7, 11) is -1.82. The second-order valence-corrected chi connectivity index (χ2v) is 6.64. The van der Waals surface area contributed by atoms with Crippen LogP contribution in [0.4, 0.5) is 0 Å². The molecule has 3 N–H and O–H groups in total. The topological polar surface area (TPSA) is 95.5 Å². The van der Waals surface area contributed by atoms with Gasteiger partial charge in [0, 0.05) is 38.6 Å². The second kappa shape index (κ2) is 7.90. The molecule has 8 heteroatoms. The molecular formula is C14H21N5O2S. The summed E-state index contributed by atoms with van der Waals surface area (Å²) in [6.07, 6.45) is 9.08. The van der Waals surface area contributed by atoms with Gasteiger partial charge in [-0.2, -0.15) is 0 Å². The van der Waals surface area contributed by atoms with Gasteiger partial charge in [-0.05, 0) is 25.0 Å². The molecule has 0 saturated carbocycles. The molecule has 0 spiro atoms. The predicted octanol–water partition coefficient (Wildman–Crippen LogP) is 0.244. The largest absolute Gasteiger partial charge is 0.355 e. The van der Waals surface area contributed by atoms with E-state index in [-0.39, 0.29) is 11.4 Å². The SMILES string of the molecule is CN=C(NCCNS(=O)(=O)c1cccnc1)NC1CC=CC1. The fourth-order valence-electron chi connectivity index (χ4n) is 2.08. The van der Waals surface area contributed by atoms with Crippen LogP contribution in [0.5, 0.6) is 0 Å². The lowest BCUT2D eigenvalue weighted by molar-refractivity contribution is 0.579. The molecule has 0 unspecified atom stereocenters. The summed E-state index contributed by atoms with van der Waals surface area (Å²) in [5.41, 5.74) is 0. The Hall–Kier alpha value is -1.93. The van der Waals surface area contributed by atoms with Crippen LogP contribution in [0, 0.1) is 0 Å². The first-order valence-electron chi connectivity index (χ1n) is 7.13. The molecule has 1 aliphatic carbocycles. The normalized spacial score (nSPS) is 16.0. The minimum absolute atomic E-state index is 0.162. The summed E-state index contributed by atoms with van der Waals surface area (Å²) in [6.45, 7) is 0.708. The Morgan fingerprint density at radius 2 is 2.14 bits per heavy atom. The average Bonchev–Trinajstić information content (AvgIpc) is 3.04. The third-order valence-electron chi connectivity index (χ3n) is 3.23. The van der Waals surface area contributed by atoms with Crippen molar-refractivity contribution in [2.45, 2.75) is 23.8 Å². The van der Waals surface area contributed by atoms with Gasteiger partial charge in [0.25, 0.3) is 0 Å². The first-order valence-corrected chi connectivity index (χ1v) is 8.62. The maximum Gasteiger partial charge on any atom is 0.242 e. The van der Waals surface area contributed by atoms with Crippen LogP contribution in [0.25, 0.3) is 0 Å². The van der Waals surface area contributed by atoms with Gasteiger partial charge < -0.3 is 10.6 Å². The average molecular weight is 323 g/mol. The van der Waals surface area contributed by atoms with Crippen LogP contribution >= 0.6 is 0 Å². The smallest absolute Gasteiger partial charge is 0.242 e. The van der Waals surface area contributed by atoms with E-state index in [0.29, 0.717) is 18.5 Å². The Balaban J connectivity index is 1.74. The van der Waals surface area contributed by atoms with Crippen molar-refractivity contribution in [3.8, 4) is 0 Å². The Kier molecular flexibility index (Phi) is 5.91. The Labute approximate surface area is 131 Å². The Morgan fingerprint density at radius 1 is 1.36 bits per heavy atom. The van der Waals surface area contributed by atoms with Crippen molar-refractivity contribution in [3.05, 3.63) is 36.7 Å². The number of nitrogens with zero attached hydrogens (tertiary/aromatic N) is 2. The molecule has 1 aliphatic rings. The van der Waals surface area contributed by atoms with Crippen molar-refractivity contribution in [1.29, 1.82) is 0 Å². The zero-order chi connectivity index (χ0) is 15.8. The molecule has 2 rings (SSSR count). The van der Waals surface area contributed by atoms with Crippen molar-refractivity contribution in [2.75, 3.05) is 20.1 Å². The molecule has 22 heavy (non-hydrogen) atoms. The van der Waals surface area contributed by atoms with Crippen molar-refractivity contribution in [2.24, 2.45) is 4.99 Å². The van der Waals surface area contributed by atoms with Crippen molar-refractivity contribution in [3.63, 3.8) is 0 Å². The van der Waals surface area contributed by atoms with Gasteiger partial charge in [0.15, 0.2) is 5.96 Å². The lowest BCUT2D eigenvalue weighted by Gasteiger charge is -2.17. The van der Waals surface area contributed by atoms with E-state index in [9.17, 15) is 8.42 Å². The van der Waals surface area contributed by atoms with E-state index < -0.39 is 10.0 Å². The number of sulfonamides is 1. The zero-order valence-corrected chi connectivity index (χ0v) is 13.3. The van der Waals surface area contributed by atoms with E-state index >= 15 is 0 Å². The Bertz CT molecular complexity index is 620. The lowest BCUT2D eigenvalue weighted by Crippen LogP contribution is -2.45. The van der Waals surface area contributed by atoms with Gasteiger partial charge in [0.1, 0.15) is 4.90 Å². The first-order chi connectivity index (χ1) is 10.6. The van der Waals surface area contributed by atoms with E-state index in [4.69, 9.17) is 0 Å². The van der Waals surface area contributed by atoms with E-state index in [1.165, 1.54) is 18.5 Å². The Morgan fingerprint density at radius 3 is 2.77 bits per heavy atom. The summed E-state index contributed by atoms with van der Waals surface area (Å²) in [6, 6.07) is 3.46. The number of hydrogen-bond acceptors (Lipinski definition) is 4. The summed E-state index contributed by atoms with van der Waals surface area (Å²) < 4.78 is 26.5. The molecule has 0 fully saturated rings. The summed E-state index contributed by atoms with van der Waals surface area (Å²) in [5.74, 6) is 0.675. The van der Waals surface area contributed by atoms with Gasteiger partial charge in [-0.3, -0.25) is 9.98 Å². The molecule has 0 saturated heterocycles. The van der Waals surface area contributed by atoms with Crippen LogP contribution in [0.1, 0.15) is 12.8 Å². The quantitative estimate of drug-likeness (QED) is 0.302. The molecule has 120 valence electrons. The zero-order valence-electron chi connectivity index (χ0n) is 12.5. The van der Waals surface area contributed by atoms with Crippen molar-refractivity contribution < 1.29 is 8.42 Å². The predicted molar refractivity (Wildman–Crippen MR) is 86.1 cm³/mol. The molecule has 0 amide bonds. The van der Waals surface area contributed by atoms with Crippen LogP contribution in [0.3, 0.4) is 0 Å². The van der Waals surface area contributed by atoms with Gasteiger partial charge in [0.05, 0.1) is 0 Å². The number of rotatable bonds is 6. The third-order valence-corrected chi connectivity index (χ3v) is 4.67. The van der Waals surface area contributed by atoms with Gasteiger partial charge in [-0.15, -0.1) is 0 Å². The number of guanidine groups is 1. The minimum atomic E-state index is -3.51. The number of pyridine rings is 1. The van der Waals surface area contributed by atoms with Gasteiger partial charge in [-0.25, -0.2) is 13.1 Å². The van der Waals surface area contributed by atoms with Crippen LogP contribution in [0.15, 0.2) is 46.6 Å². The van der Waals surface area contributed by atoms with Gasteiger partial charge >= 0.3 is 0 Å². The number of aliphatic imine (C=N–C) groups is 1. The van der Waals surface area contributed by atoms with Gasteiger partial charge in [0.2, 0.25) is 10.0 Å². The molecule has 7 nitrogen and oxygen atoms in total. The van der Waals surface area contributed by atoms with Crippen LogP contribution in [-0.4, -0.2) is 45.5 Å². The third kappa shape index (κ3) is 4.81. The lowest BCUT2D eigenvalue weighted by atomic mass is 10.2. The molecule has 0 aromatic carbocycles. The molecule has 0 atom stereocenters. The number of hydrogen-bond donors (Lipinski definition) is 3. The molecule has 1 aromatic rings. The fourth-order valence-corrected chi connectivity index (χ4v) is 3.07. The summed E-state index contributed by atoms with van der Waals surface area (Å²) in [5, 5.41) is 6.37. The molecule has 1 aromatic heterocycles. The maximum absolute atomic E-state index is 12.0. The van der Waals surface area contributed by atoms with E-state index in [0.717, 1.165) is 12.8 Å². The molecular weight excluding hydrogens is 302 g/mol. The van der Waals surface area contributed by atoms with E-state index in [1.54, 1.807) is 13.1 Å². The highest BCUT2D eigenvalue weighted by atomic mass is 32.2. The maximum atomic E-state index is 12.0. The van der Waals surface area contributed by atoms with Crippen molar-refractivity contribution >= 4 is 16.0 Å². The first kappa shape index (κ1) is 16.4. The number of aromatic nitrogens is 1. The molecule has 0 radical (unpaired) electrons. The highest BCUT2D eigenvalue weighted by Crippen LogP contribution is 2.08. The standard InChI is InChI=1S/C14H21N5O2S/c1-15-14(19-12-5-2-3-6-12)17-9-10-18-22(20,21)13-7-4-8-16-11-13/h2-4,7-8,11-12,18H,5-6,9-10H2,1H3,(H2,15,17,19). The van der Waals surface area contributed by atoms with Crippen LogP contribution in [-0.2, 0) is 10.0 Å². The van der Waals surface area contributed by atoms with E-state index in [2.05, 4.69) is 37.5 Å². The van der Waals surface area contributed by atoms with Crippen LogP contribution in [0.2, 0.25) is 0 Å². The minimum Gasteiger partial charge on any atom is -0.355 e. The highest BCUT2D eigenvalue weighted by molar-refractivity contribution is 7.89. The van der Waals surface area contributed by atoms with Gasteiger partial charge in [-0.1, -0.05) is 12.2 Å². The fraction of sp³-hybridized carbons (Fsp3) is 0.429. The van der Waals surface area contributed by atoms with Crippen LogP contribution < -0.4 is 15.4 Å².